The Morgan fingerprint density at radius 2 is 1.11 bits per heavy atom. The van der Waals surface area contributed by atoms with Crippen LogP contribution in [-0.4, -0.2) is 21.8 Å². The molecule has 1 aliphatic rings. The third-order valence-electron chi connectivity index (χ3n) is 7.89. The number of nitrogens with two attached hydrogens (primary N) is 2. The van der Waals surface area contributed by atoms with E-state index in [-0.39, 0.29) is 56.7 Å². The number of nitrogens with zero attached hydrogens (tertiary/aromatic N) is 4. The average molecular weight is 593 g/mol. The maximum absolute atomic E-state index is 13.5. The van der Waals surface area contributed by atoms with Gasteiger partial charge >= 0.3 is 0 Å². The second-order valence-corrected chi connectivity index (χ2v) is 10.7. The van der Waals surface area contributed by atoms with Crippen LogP contribution in [0.5, 0.6) is 11.5 Å². The van der Waals surface area contributed by atoms with Gasteiger partial charge in [0.15, 0.2) is 23.1 Å². The number of phenolic OH excluding ortho intramolecular Hbond substituents is 2. The molecule has 6 N–H and O–H groups in total. The van der Waals surface area contributed by atoms with E-state index in [0.717, 1.165) is 10.8 Å². The van der Waals surface area contributed by atoms with Crippen molar-refractivity contribution in [2.24, 2.45) is 20.5 Å². The van der Waals surface area contributed by atoms with Crippen LogP contribution < -0.4 is 11.5 Å². The number of aryl methyl sites for hydroxylation is 1. The zero-order chi connectivity index (χ0) is 31.4. The van der Waals surface area contributed by atoms with Gasteiger partial charge in [-0.15, -0.1) is 10.2 Å². The minimum atomic E-state index is -0.347. The van der Waals surface area contributed by atoms with E-state index in [4.69, 9.17) is 11.5 Å². The van der Waals surface area contributed by atoms with Crippen LogP contribution >= 0.6 is 0 Å². The van der Waals surface area contributed by atoms with E-state index >= 15 is 0 Å². The van der Waals surface area contributed by atoms with Crippen molar-refractivity contribution in [3.05, 3.63) is 119 Å². The lowest BCUT2D eigenvalue weighted by atomic mass is 9.83. The standard InChI is InChI=1S/C35H24N6O4/c1-17-14-19-5-3-7-27(37)30(19)35(45)31(17)41-39-21-10-12-23-25(16-21)33(43)22-11-9-20(15-24(22)32(23)42)38-40-28-13-8-18-4-2-6-26(36)29(18)34(28)44/h2-16,44-45H,36-37H2,1H3. The molecule has 1 aliphatic carbocycles. The molecule has 6 aromatic rings. The third-order valence-corrected chi connectivity index (χ3v) is 7.89. The second-order valence-electron chi connectivity index (χ2n) is 10.7. The largest absolute Gasteiger partial charge is 0.505 e. The highest BCUT2D eigenvalue weighted by Crippen LogP contribution is 2.42. The molecule has 0 fully saturated rings. The Morgan fingerprint density at radius 1 is 0.556 bits per heavy atom. The van der Waals surface area contributed by atoms with E-state index in [1.165, 1.54) is 24.3 Å². The summed E-state index contributed by atoms with van der Waals surface area (Å²) in [7, 11) is 0. The van der Waals surface area contributed by atoms with E-state index in [2.05, 4.69) is 20.5 Å². The second kappa shape index (κ2) is 10.4. The number of ketones is 2. The topological polar surface area (TPSA) is 176 Å². The van der Waals surface area contributed by atoms with Gasteiger partial charge in [0.1, 0.15) is 11.4 Å². The Bertz CT molecular complexity index is 2330. The first-order chi connectivity index (χ1) is 21.7. The third kappa shape index (κ3) is 4.52. The number of hydrogen-bond acceptors (Lipinski definition) is 10. The van der Waals surface area contributed by atoms with Crippen molar-refractivity contribution in [2.75, 3.05) is 11.5 Å². The van der Waals surface area contributed by atoms with Gasteiger partial charge in [-0.2, -0.15) is 10.2 Å². The molecule has 6 aromatic carbocycles. The number of carbonyl (C=O) groups is 2. The highest BCUT2D eigenvalue weighted by molar-refractivity contribution is 6.28. The van der Waals surface area contributed by atoms with E-state index < -0.39 is 0 Å². The number of fused-ring (bicyclic) bond motifs is 4. The summed E-state index contributed by atoms with van der Waals surface area (Å²) >= 11 is 0. The molecule has 0 atom stereocenters. The summed E-state index contributed by atoms with van der Waals surface area (Å²) in [5, 5.41) is 41.0. The van der Waals surface area contributed by atoms with Gasteiger partial charge in [0.05, 0.1) is 11.4 Å². The Hall–Kier alpha value is -6.42. The van der Waals surface area contributed by atoms with Crippen molar-refractivity contribution in [3.63, 3.8) is 0 Å². The van der Waals surface area contributed by atoms with Crippen LogP contribution in [-0.2, 0) is 0 Å². The summed E-state index contributed by atoms with van der Waals surface area (Å²) in [6, 6.07) is 25.1. The lowest BCUT2D eigenvalue weighted by Gasteiger charge is -2.17. The van der Waals surface area contributed by atoms with Gasteiger partial charge in [-0.05, 0) is 83.9 Å². The number of phenols is 2. The monoisotopic (exact) mass is 592 g/mol. The smallest absolute Gasteiger partial charge is 0.194 e. The van der Waals surface area contributed by atoms with E-state index in [1.807, 2.05) is 18.2 Å². The fourth-order valence-electron chi connectivity index (χ4n) is 5.64. The lowest BCUT2D eigenvalue weighted by molar-refractivity contribution is 0.0979. The molecule has 0 spiro atoms. The molecule has 0 saturated heterocycles. The molecule has 0 amide bonds. The van der Waals surface area contributed by atoms with Crippen molar-refractivity contribution in [1.29, 1.82) is 0 Å². The molecule has 10 heteroatoms. The zero-order valence-corrected chi connectivity index (χ0v) is 23.8. The first kappa shape index (κ1) is 27.4. The average Bonchev–Trinajstić information content (AvgIpc) is 3.03. The molecule has 218 valence electrons. The van der Waals surface area contributed by atoms with Crippen molar-refractivity contribution in [2.45, 2.75) is 6.92 Å². The summed E-state index contributed by atoms with van der Waals surface area (Å²) < 4.78 is 0. The molecular weight excluding hydrogens is 568 g/mol. The molecule has 0 bridgehead atoms. The maximum Gasteiger partial charge on any atom is 0.194 e. The summed E-state index contributed by atoms with van der Waals surface area (Å²) in [4.78, 5) is 27.0. The Labute approximate surface area is 256 Å². The van der Waals surface area contributed by atoms with Crippen LogP contribution in [0.4, 0.5) is 34.1 Å². The molecule has 0 aliphatic heterocycles. The Kier molecular flexibility index (Phi) is 6.33. The summed E-state index contributed by atoms with van der Waals surface area (Å²) in [6.45, 7) is 1.80. The number of azo groups is 2. The zero-order valence-electron chi connectivity index (χ0n) is 23.8. The highest BCUT2D eigenvalue weighted by Gasteiger charge is 2.30. The van der Waals surface area contributed by atoms with E-state index in [9.17, 15) is 19.8 Å². The SMILES string of the molecule is Cc1cc2cccc(N)c2c(O)c1N=Nc1ccc2c(c1)C(=O)c1ccc(N=Nc3ccc4cccc(N)c4c3O)cc1C2=O. The quantitative estimate of drug-likeness (QED) is 0.118. The predicted octanol–water partition coefficient (Wildman–Crippen LogP) is 8.48. The van der Waals surface area contributed by atoms with Gasteiger partial charge in [-0.1, -0.05) is 30.3 Å². The van der Waals surface area contributed by atoms with Gasteiger partial charge in [-0.3, -0.25) is 9.59 Å². The van der Waals surface area contributed by atoms with Gasteiger partial charge in [0.25, 0.3) is 0 Å². The fraction of sp³-hybridized carbons (Fsp3) is 0.0286. The van der Waals surface area contributed by atoms with Gasteiger partial charge in [-0.25, -0.2) is 0 Å². The number of benzene rings is 6. The normalized spacial score (nSPS) is 12.8. The first-order valence-corrected chi connectivity index (χ1v) is 13.9. The number of rotatable bonds is 4. The summed E-state index contributed by atoms with van der Waals surface area (Å²) in [6.07, 6.45) is 0. The van der Waals surface area contributed by atoms with Crippen molar-refractivity contribution in [1.82, 2.24) is 0 Å². The van der Waals surface area contributed by atoms with Crippen LogP contribution in [0.1, 0.15) is 37.4 Å². The minimum absolute atomic E-state index is 0.0853. The lowest BCUT2D eigenvalue weighted by Crippen LogP contribution is -2.20. The van der Waals surface area contributed by atoms with Crippen molar-refractivity contribution >= 4 is 67.2 Å². The van der Waals surface area contributed by atoms with Gasteiger partial charge in [0, 0.05) is 44.4 Å². The van der Waals surface area contributed by atoms with Gasteiger partial charge < -0.3 is 21.7 Å². The Morgan fingerprint density at radius 3 is 1.73 bits per heavy atom. The van der Waals surface area contributed by atoms with Crippen LogP contribution in [0.2, 0.25) is 0 Å². The van der Waals surface area contributed by atoms with E-state index in [0.29, 0.717) is 39.1 Å². The summed E-state index contributed by atoms with van der Waals surface area (Å²) in [5.74, 6) is -0.881. The van der Waals surface area contributed by atoms with Crippen LogP contribution in [0, 0.1) is 6.92 Å². The van der Waals surface area contributed by atoms with Crippen molar-refractivity contribution < 1.29 is 19.8 Å². The summed E-state index contributed by atoms with van der Waals surface area (Å²) in [5.41, 5.74) is 15.6. The van der Waals surface area contributed by atoms with Crippen LogP contribution in [0.25, 0.3) is 21.5 Å². The van der Waals surface area contributed by atoms with E-state index in [1.54, 1.807) is 55.5 Å². The molecule has 7 rings (SSSR count). The molecule has 10 nitrogen and oxygen atoms in total. The number of aromatic hydroxyl groups is 2. The molecule has 45 heavy (non-hydrogen) atoms. The highest BCUT2D eigenvalue weighted by atomic mass is 16.3. The molecular formula is C35H24N6O4. The van der Waals surface area contributed by atoms with Crippen LogP contribution in [0.3, 0.4) is 0 Å². The molecule has 0 saturated carbocycles. The number of hydrogen-bond donors (Lipinski definition) is 4. The Balaban J connectivity index is 1.19. The molecule has 0 radical (unpaired) electrons. The molecule has 0 aromatic heterocycles. The number of anilines is 2. The first-order valence-electron chi connectivity index (χ1n) is 13.9. The number of nitrogen functional groups attached to an aromatic ring is 2. The van der Waals surface area contributed by atoms with Gasteiger partial charge in [0.2, 0.25) is 0 Å². The maximum atomic E-state index is 13.5. The van der Waals surface area contributed by atoms with Crippen molar-refractivity contribution in [3.8, 4) is 11.5 Å². The minimum Gasteiger partial charge on any atom is -0.505 e. The van der Waals surface area contributed by atoms with Crippen LogP contribution in [0.15, 0.2) is 111 Å². The molecule has 0 unspecified atom stereocenters. The fourth-order valence-corrected chi connectivity index (χ4v) is 5.64. The molecule has 0 heterocycles. The predicted molar refractivity (Wildman–Crippen MR) is 173 cm³/mol. The number of carbonyl (C=O) groups excluding carboxylic acids is 2.